The first-order chi connectivity index (χ1) is 12.4. The van der Waals surface area contributed by atoms with Gasteiger partial charge in [0.05, 0.1) is 11.5 Å². The molecule has 0 aliphatic heterocycles. The van der Waals surface area contributed by atoms with Crippen LogP contribution in [0.1, 0.15) is 5.56 Å². The Hall–Kier alpha value is -1.76. The fraction of sp³-hybridized carbons (Fsp3) is 0.222. The first-order valence-corrected chi connectivity index (χ1v) is 9.58. The second-order valence-electron chi connectivity index (χ2n) is 5.50. The van der Waals surface area contributed by atoms with E-state index in [1.807, 2.05) is 0 Å². The van der Waals surface area contributed by atoms with E-state index < -0.39 is 5.82 Å². The molecular formula is C18H17Cl2FN2O2S. The molecule has 2 aromatic carbocycles. The summed E-state index contributed by atoms with van der Waals surface area (Å²) in [5, 5.41) is 3.58. The Kier molecular flexibility index (Phi) is 7.75. The van der Waals surface area contributed by atoms with Crippen LogP contribution in [0.4, 0.5) is 10.1 Å². The van der Waals surface area contributed by atoms with Crippen molar-refractivity contribution < 1.29 is 14.0 Å². The molecule has 138 valence electrons. The zero-order valence-corrected chi connectivity index (χ0v) is 16.3. The van der Waals surface area contributed by atoms with Crippen LogP contribution in [-0.2, 0) is 16.1 Å². The summed E-state index contributed by atoms with van der Waals surface area (Å²) in [5.41, 5.74) is 0.910. The Labute approximate surface area is 165 Å². The summed E-state index contributed by atoms with van der Waals surface area (Å²) in [5.74, 6) is -0.648. The Balaban J connectivity index is 1.77. The third-order valence-corrected chi connectivity index (χ3v) is 4.99. The highest BCUT2D eigenvalue weighted by atomic mass is 35.5. The summed E-state index contributed by atoms with van der Waals surface area (Å²) in [6, 6.07) is 11.1. The summed E-state index contributed by atoms with van der Waals surface area (Å²) in [7, 11) is 1.57. The largest absolute Gasteiger partial charge is 0.341 e. The van der Waals surface area contributed by atoms with Gasteiger partial charge >= 0.3 is 0 Å². The van der Waals surface area contributed by atoms with Crippen LogP contribution in [0.25, 0.3) is 0 Å². The van der Waals surface area contributed by atoms with E-state index in [4.69, 9.17) is 23.2 Å². The van der Waals surface area contributed by atoms with Gasteiger partial charge < -0.3 is 10.2 Å². The maximum atomic E-state index is 13.8. The van der Waals surface area contributed by atoms with E-state index in [2.05, 4.69) is 5.32 Å². The number of amides is 2. The van der Waals surface area contributed by atoms with Crippen molar-refractivity contribution in [2.75, 3.05) is 23.9 Å². The van der Waals surface area contributed by atoms with Crippen molar-refractivity contribution >= 4 is 52.5 Å². The van der Waals surface area contributed by atoms with E-state index in [0.29, 0.717) is 10.7 Å². The van der Waals surface area contributed by atoms with E-state index in [0.717, 1.165) is 0 Å². The number of nitrogens with zero attached hydrogens (tertiary/aromatic N) is 1. The van der Waals surface area contributed by atoms with E-state index in [1.54, 1.807) is 37.4 Å². The molecule has 2 rings (SSSR count). The van der Waals surface area contributed by atoms with Crippen molar-refractivity contribution in [2.24, 2.45) is 0 Å². The van der Waals surface area contributed by atoms with Crippen LogP contribution in [0, 0.1) is 5.82 Å². The molecule has 8 heteroatoms. The summed E-state index contributed by atoms with van der Waals surface area (Å²) in [4.78, 5) is 25.4. The average Bonchev–Trinajstić information content (AvgIpc) is 2.60. The van der Waals surface area contributed by atoms with Gasteiger partial charge in [0.15, 0.2) is 0 Å². The molecule has 0 bridgehead atoms. The fourth-order valence-corrected chi connectivity index (χ4v) is 3.18. The summed E-state index contributed by atoms with van der Waals surface area (Å²) >= 11 is 12.9. The monoisotopic (exact) mass is 414 g/mol. The number of hydrogen-bond donors (Lipinski definition) is 1. The summed E-state index contributed by atoms with van der Waals surface area (Å²) in [6.07, 6.45) is 0. The van der Waals surface area contributed by atoms with Crippen molar-refractivity contribution in [3.63, 3.8) is 0 Å². The third-order valence-electron chi connectivity index (χ3n) is 3.47. The third kappa shape index (κ3) is 6.20. The molecule has 4 nitrogen and oxygen atoms in total. The van der Waals surface area contributed by atoms with Gasteiger partial charge in [-0.15, -0.1) is 11.8 Å². The lowest BCUT2D eigenvalue weighted by Gasteiger charge is -2.18. The van der Waals surface area contributed by atoms with E-state index in [9.17, 15) is 14.0 Å². The van der Waals surface area contributed by atoms with Crippen molar-refractivity contribution in [1.82, 2.24) is 4.90 Å². The van der Waals surface area contributed by atoms with Gasteiger partial charge in [-0.3, -0.25) is 9.59 Å². The molecule has 26 heavy (non-hydrogen) atoms. The van der Waals surface area contributed by atoms with Gasteiger partial charge in [0, 0.05) is 34.9 Å². The second-order valence-corrected chi connectivity index (χ2v) is 7.33. The zero-order valence-electron chi connectivity index (χ0n) is 14.0. The van der Waals surface area contributed by atoms with Gasteiger partial charge in [0.2, 0.25) is 11.8 Å². The Morgan fingerprint density at radius 3 is 2.46 bits per heavy atom. The molecule has 0 saturated heterocycles. The van der Waals surface area contributed by atoms with Crippen LogP contribution >= 0.6 is 35.0 Å². The zero-order chi connectivity index (χ0) is 19.1. The Bertz CT molecular complexity index is 767. The van der Waals surface area contributed by atoms with Crippen molar-refractivity contribution in [3.8, 4) is 0 Å². The van der Waals surface area contributed by atoms with Crippen LogP contribution in [0.2, 0.25) is 10.0 Å². The van der Waals surface area contributed by atoms with Gasteiger partial charge in [-0.05, 0) is 36.4 Å². The molecule has 0 saturated carbocycles. The number of carbonyl (C=O) groups excluding carboxylic acids is 2. The minimum atomic E-state index is -0.452. The standard InChI is InChI=1S/C18H17Cl2FN2O2S/c1-23(9-14-15(20)3-2-4-16(14)21)18(25)11-26-10-17(24)22-13-7-5-12(19)6-8-13/h2-8H,9-11H2,1H3,(H,22,24). The number of halogens is 3. The van der Waals surface area contributed by atoms with Crippen molar-refractivity contribution in [3.05, 3.63) is 63.9 Å². The van der Waals surface area contributed by atoms with E-state index in [1.165, 1.54) is 28.8 Å². The molecule has 0 aromatic heterocycles. The number of thioether (sulfide) groups is 1. The normalized spacial score (nSPS) is 10.5. The van der Waals surface area contributed by atoms with Gasteiger partial charge in [0.25, 0.3) is 0 Å². The number of hydrogen-bond acceptors (Lipinski definition) is 3. The highest BCUT2D eigenvalue weighted by molar-refractivity contribution is 8.00. The molecule has 0 heterocycles. The highest BCUT2D eigenvalue weighted by Gasteiger charge is 2.15. The second kappa shape index (κ2) is 9.80. The molecule has 0 fully saturated rings. The quantitative estimate of drug-likeness (QED) is 0.727. The SMILES string of the molecule is CN(Cc1c(F)cccc1Cl)C(=O)CSCC(=O)Nc1ccc(Cl)cc1. The molecule has 2 aromatic rings. The maximum Gasteiger partial charge on any atom is 0.234 e. The first-order valence-electron chi connectivity index (χ1n) is 7.67. The van der Waals surface area contributed by atoms with Crippen LogP contribution in [0.15, 0.2) is 42.5 Å². The van der Waals surface area contributed by atoms with Gasteiger partial charge in [0.1, 0.15) is 5.82 Å². The summed E-state index contributed by atoms with van der Waals surface area (Å²) < 4.78 is 13.8. The predicted octanol–water partition coefficient (Wildman–Crippen LogP) is 4.46. The first kappa shape index (κ1) is 20.6. The lowest BCUT2D eigenvalue weighted by molar-refractivity contribution is -0.127. The van der Waals surface area contributed by atoms with Gasteiger partial charge in [-0.2, -0.15) is 0 Å². The van der Waals surface area contributed by atoms with Crippen molar-refractivity contribution in [1.29, 1.82) is 0 Å². The number of rotatable bonds is 7. The maximum absolute atomic E-state index is 13.8. The van der Waals surface area contributed by atoms with Crippen LogP contribution in [0.5, 0.6) is 0 Å². The van der Waals surface area contributed by atoms with Crippen molar-refractivity contribution in [2.45, 2.75) is 6.54 Å². The average molecular weight is 415 g/mol. The number of benzene rings is 2. The molecule has 0 spiro atoms. The van der Waals surface area contributed by atoms with E-state index in [-0.39, 0.29) is 40.5 Å². The predicted molar refractivity (Wildman–Crippen MR) is 105 cm³/mol. The molecular weight excluding hydrogens is 398 g/mol. The molecule has 0 unspecified atom stereocenters. The fourth-order valence-electron chi connectivity index (χ4n) is 2.08. The molecule has 0 radical (unpaired) electrons. The topological polar surface area (TPSA) is 49.4 Å². The highest BCUT2D eigenvalue weighted by Crippen LogP contribution is 2.20. The molecule has 2 amide bonds. The lowest BCUT2D eigenvalue weighted by Crippen LogP contribution is -2.29. The minimum absolute atomic E-state index is 0.0713. The number of nitrogens with one attached hydrogen (secondary N) is 1. The smallest absolute Gasteiger partial charge is 0.234 e. The lowest BCUT2D eigenvalue weighted by atomic mass is 10.2. The number of anilines is 1. The molecule has 1 N–H and O–H groups in total. The Morgan fingerprint density at radius 1 is 1.12 bits per heavy atom. The molecule has 0 aliphatic carbocycles. The molecule has 0 atom stereocenters. The Morgan fingerprint density at radius 2 is 1.81 bits per heavy atom. The van der Waals surface area contributed by atoms with E-state index >= 15 is 0 Å². The van der Waals surface area contributed by atoms with Crippen LogP contribution in [0.3, 0.4) is 0 Å². The van der Waals surface area contributed by atoms with Gasteiger partial charge in [-0.1, -0.05) is 29.3 Å². The minimum Gasteiger partial charge on any atom is -0.341 e. The van der Waals surface area contributed by atoms with Gasteiger partial charge in [-0.25, -0.2) is 4.39 Å². The van der Waals surface area contributed by atoms with Crippen LogP contribution < -0.4 is 5.32 Å². The van der Waals surface area contributed by atoms with Crippen LogP contribution in [-0.4, -0.2) is 35.3 Å². The summed E-state index contributed by atoms with van der Waals surface area (Å²) in [6.45, 7) is 0.0713. The molecule has 0 aliphatic rings. The number of carbonyl (C=O) groups is 2.